The number of benzene rings is 3. The van der Waals surface area contributed by atoms with Gasteiger partial charge in [-0.2, -0.15) is 0 Å². The Morgan fingerprint density at radius 3 is 2.43 bits per heavy atom. The summed E-state index contributed by atoms with van der Waals surface area (Å²) in [6.07, 6.45) is 3.82. The van der Waals surface area contributed by atoms with E-state index in [2.05, 4.69) is 19.2 Å². The third-order valence-corrected chi connectivity index (χ3v) is 9.50. The number of hydrogen-bond acceptors (Lipinski definition) is 7. The third-order valence-electron chi connectivity index (χ3n) is 8.51. The number of thiazole rings is 1. The highest BCUT2D eigenvalue weighted by Crippen LogP contribution is 2.32. The van der Waals surface area contributed by atoms with Crippen molar-refractivity contribution in [1.82, 2.24) is 9.47 Å². The SMILES string of the molecule is COc1cc(/C=c2/sc3n(c2=O)[C@@H](c2ccc(C(C)C)cc2)C(C(=O)Nc2ccccc2)=C(C)N=3)ccc1OCC(=O)N1CCCC1. The van der Waals surface area contributed by atoms with Gasteiger partial charge in [-0.3, -0.25) is 19.0 Å². The molecular formula is C37H38N4O5S. The highest BCUT2D eigenvalue weighted by atomic mass is 32.1. The van der Waals surface area contributed by atoms with Crippen LogP contribution in [0.2, 0.25) is 0 Å². The zero-order chi connectivity index (χ0) is 33.1. The van der Waals surface area contributed by atoms with Gasteiger partial charge in [-0.25, -0.2) is 4.99 Å². The number of fused-ring (bicyclic) bond motifs is 1. The minimum absolute atomic E-state index is 0.0461. The van der Waals surface area contributed by atoms with Gasteiger partial charge in [-0.05, 0) is 72.7 Å². The molecule has 4 aromatic rings. The fourth-order valence-corrected chi connectivity index (χ4v) is 7.00. The first-order valence-electron chi connectivity index (χ1n) is 15.8. The Morgan fingerprint density at radius 2 is 1.74 bits per heavy atom. The van der Waals surface area contributed by atoms with E-state index in [0.717, 1.165) is 37.1 Å². The predicted molar refractivity (Wildman–Crippen MR) is 184 cm³/mol. The van der Waals surface area contributed by atoms with Crippen LogP contribution in [0, 0.1) is 0 Å². The minimum Gasteiger partial charge on any atom is -0.493 e. The molecule has 2 aliphatic rings. The van der Waals surface area contributed by atoms with Crippen LogP contribution in [0.4, 0.5) is 5.69 Å². The lowest BCUT2D eigenvalue weighted by Gasteiger charge is -2.25. The van der Waals surface area contributed by atoms with E-state index in [-0.39, 0.29) is 24.0 Å². The molecule has 10 heteroatoms. The number of likely N-dealkylation sites (tertiary alicyclic amines) is 1. The molecule has 1 fully saturated rings. The molecule has 1 atom stereocenters. The average molecular weight is 651 g/mol. The molecule has 1 N–H and O–H groups in total. The third kappa shape index (κ3) is 6.78. The molecule has 1 aromatic heterocycles. The lowest BCUT2D eigenvalue weighted by atomic mass is 9.93. The quantitative estimate of drug-likeness (QED) is 0.275. The molecule has 3 aromatic carbocycles. The molecule has 0 bridgehead atoms. The molecule has 3 heterocycles. The van der Waals surface area contributed by atoms with Gasteiger partial charge in [0.05, 0.1) is 29.0 Å². The van der Waals surface area contributed by atoms with Gasteiger partial charge in [0, 0.05) is 18.8 Å². The summed E-state index contributed by atoms with van der Waals surface area (Å²) in [4.78, 5) is 47.6. The van der Waals surface area contributed by atoms with E-state index in [1.165, 1.54) is 24.0 Å². The van der Waals surface area contributed by atoms with E-state index in [9.17, 15) is 14.4 Å². The van der Waals surface area contributed by atoms with Crippen molar-refractivity contribution >= 4 is 34.9 Å². The minimum atomic E-state index is -0.670. The normalized spacial score (nSPS) is 16.2. The molecule has 0 radical (unpaired) electrons. The van der Waals surface area contributed by atoms with Crippen molar-refractivity contribution in [2.45, 2.75) is 45.6 Å². The lowest BCUT2D eigenvalue weighted by molar-refractivity contribution is -0.132. The van der Waals surface area contributed by atoms with Crippen molar-refractivity contribution in [3.05, 3.63) is 120 Å². The standard InChI is InChI=1S/C37H38N4O5S/c1-23(2)26-13-15-27(16-14-26)34-33(35(43)39-28-10-6-5-7-11-28)24(3)38-37-41(34)36(44)31(47-37)21-25-12-17-29(30(20-25)45-4)46-22-32(42)40-18-8-9-19-40/h5-7,10-17,20-21,23,34H,8-9,18-19,22H2,1-4H3,(H,39,43)/b31-21+/t34-/m0/s1. The van der Waals surface area contributed by atoms with Gasteiger partial charge >= 0.3 is 0 Å². The molecule has 242 valence electrons. The Balaban J connectivity index is 1.36. The number of allylic oxidation sites excluding steroid dienone is 1. The number of para-hydroxylation sites is 1. The number of anilines is 1. The molecule has 2 aliphatic heterocycles. The Hall–Kier alpha value is -4.96. The topological polar surface area (TPSA) is 102 Å². The summed E-state index contributed by atoms with van der Waals surface area (Å²) in [5.41, 5.74) is 4.08. The van der Waals surface area contributed by atoms with Crippen molar-refractivity contribution in [2.24, 2.45) is 4.99 Å². The first-order chi connectivity index (χ1) is 22.7. The van der Waals surface area contributed by atoms with Gasteiger partial charge in [0.25, 0.3) is 17.4 Å². The number of ether oxygens (including phenoxy) is 2. The van der Waals surface area contributed by atoms with Crippen molar-refractivity contribution in [3.8, 4) is 11.5 Å². The summed E-state index contributed by atoms with van der Waals surface area (Å²) in [5, 5.41) is 2.99. The second-order valence-corrected chi connectivity index (χ2v) is 13.0. The van der Waals surface area contributed by atoms with Crippen LogP contribution in [0.25, 0.3) is 6.08 Å². The molecule has 9 nitrogen and oxygen atoms in total. The van der Waals surface area contributed by atoms with Gasteiger partial charge < -0.3 is 19.7 Å². The van der Waals surface area contributed by atoms with E-state index >= 15 is 0 Å². The molecule has 0 saturated carbocycles. The van der Waals surface area contributed by atoms with Crippen LogP contribution in [0.3, 0.4) is 0 Å². The fraction of sp³-hybridized carbons (Fsp3) is 0.297. The first-order valence-corrected chi connectivity index (χ1v) is 16.6. The number of amides is 2. The molecule has 0 spiro atoms. The highest BCUT2D eigenvalue weighted by Gasteiger charge is 2.32. The first kappa shape index (κ1) is 32.0. The molecule has 0 unspecified atom stereocenters. The molecule has 2 amide bonds. The molecule has 47 heavy (non-hydrogen) atoms. The largest absolute Gasteiger partial charge is 0.493 e. The Morgan fingerprint density at radius 1 is 1.02 bits per heavy atom. The van der Waals surface area contributed by atoms with E-state index in [0.29, 0.717) is 43.7 Å². The van der Waals surface area contributed by atoms with Crippen molar-refractivity contribution in [2.75, 3.05) is 32.1 Å². The van der Waals surface area contributed by atoms with Crippen molar-refractivity contribution < 1.29 is 19.1 Å². The number of nitrogens with one attached hydrogen (secondary N) is 1. The number of rotatable bonds is 9. The van der Waals surface area contributed by atoms with Gasteiger partial charge in [-0.1, -0.05) is 73.7 Å². The van der Waals surface area contributed by atoms with Gasteiger partial charge in [0.1, 0.15) is 0 Å². The maximum Gasteiger partial charge on any atom is 0.271 e. The number of methoxy groups -OCH3 is 1. The second-order valence-electron chi connectivity index (χ2n) is 12.0. The zero-order valence-electron chi connectivity index (χ0n) is 27.0. The van der Waals surface area contributed by atoms with Crippen LogP contribution in [0.15, 0.2) is 93.9 Å². The maximum atomic E-state index is 14.2. The Kier molecular flexibility index (Phi) is 9.40. The number of hydrogen-bond donors (Lipinski definition) is 1. The van der Waals surface area contributed by atoms with Crippen molar-refractivity contribution in [1.29, 1.82) is 0 Å². The summed E-state index contributed by atoms with van der Waals surface area (Å²) in [5.74, 6) is 0.889. The molecular weight excluding hydrogens is 612 g/mol. The fourth-order valence-electron chi connectivity index (χ4n) is 5.95. The van der Waals surface area contributed by atoms with Crippen LogP contribution in [0.1, 0.15) is 62.3 Å². The van der Waals surface area contributed by atoms with Crippen LogP contribution >= 0.6 is 11.3 Å². The van der Waals surface area contributed by atoms with Crippen molar-refractivity contribution in [3.63, 3.8) is 0 Å². The summed E-state index contributed by atoms with van der Waals surface area (Å²) in [6, 6.07) is 22.0. The Labute approximate surface area is 277 Å². The zero-order valence-corrected chi connectivity index (χ0v) is 27.8. The number of carbonyl (C=O) groups excluding carboxylic acids is 2. The number of aromatic nitrogens is 1. The van der Waals surface area contributed by atoms with E-state index in [4.69, 9.17) is 14.5 Å². The smallest absolute Gasteiger partial charge is 0.271 e. The van der Waals surface area contributed by atoms with E-state index in [1.54, 1.807) is 22.8 Å². The summed E-state index contributed by atoms with van der Waals surface area (Å²) < 4.78 is 13.5. The lowest BCUT2D eigenvalue weighted by Crippen LogP contribution is -2.40. The van der Waals surface area contributed by atoms with Crippen LogP contribution in [-0.4, -0.2) is 48.1 Å². The van der Waals surface area contributed by atoms with Crippen LogP contribution < -0.4 is 29.7 Å². The second kappa shape index (κ2) is 13.8. The molecule has 1 saturated heterocycles. The van der Waals surface area contributed by atoms with Gasteiger partial charge in [-0.15, -0.1) is 0 Å². The summed E-state index contributed by atoms with van der Waals surface area (Å²) in [6.45, 7) is 7.53. The number of nitrogens with zero attached hydrogens (tertiary/aromatic N) is 3. The van der Waals surface area contributed by atoms with Crippen LogP contribution in [-0.2, 0) is 9.59 Å². The van der Waals surface area contributed by atoms with Gasteiger partial charge in [0.15, 0.2) is 22.9 Å². The Bertz CT molecular complexity index is 2010. The maximum absolute atomic E-state index is 14.2. The predicted octanol–water partition coefficient (Wildman–Crippen LogP) is 5.01. The summed E-state index contributed by atoms with van der Waals surface area (Å²) >= 11 is 1.27. The van der Waals surface area contributed by atoms with Gasteiger partial charge in [0.2, 0.25) is 0 Å². The van der Waals surface area contributed by atoms with Crippen LogP contribution in [0.5, 0.6) is 11.5 Å². The summed E-state index contributed by atoms with van der Waals surface area (Å²) in [7, 11) is 1.54. The molecule has 6 rings (SSSR count). The monoisotopic (exact) mass is 650 g/mol. The average Bonchev–Trinajstić information content (AvgIpc) is 3.72. The number of carbonyl (C=O) groups is 2. The highest BCUT2D eigenvalue weighted by molar-refractivity contribution is 7.07. The van der Waals surface area contributed by atoms with E-state index in [1.807, 2.05) is 72.5 Å². The van der Waals surface area contributed by atoms with E-state index < -0.39 is 6.04 Å². The molecule has 0 aliphatic carbocycles.